The van der Waals surface area contributed by atoms with E-state index in [9.17, 15) is 9.59 Å². The Morgan fingerprint density at radius 2 is 2.09 bits per heavy atom. The number of carboxylic acid groups (broad SMARTS) is 1. The van der Waals surface area contributed by atoms with Crippen molar-refractivity contribution in [2.45, 2.75) is 25.8 Å². The highest BCUT2D eigenvalue weighted by atomic mass is 16.5. The van der Waals surface area contributed by atoms with Crippen LogP contribution in [0.15, 0.2) is 24.3 Å². The number of ether oxygens (including phenoxy) is 2. The van der Waals surface area contributed by atoms with Crippen LogP contribution >= 0.6 is 0 Å². The number of nitrogens with zero attached hydrogens (tertiary/aromatic N) is 1. The lowest BCUT2D eigenvalue weighted by atomic mass is 10.2. The maximum Gasteiger partial charge on any atom is 0.323 e. The van der Waals surface area contributed by atoms with E-state index in [2.05, 4.69) is 0 Å². The van der Waals surface area contributed by atoms with E-state index in [1.807, 2.05) is 31.2 Å². The highest BCUT2D eigenvalue weighted by Gasteiger charge is 2.34. The maximum absolute atomic E-state index is 12.2. The molecule has 0 bridgehead atoms. The topological polar surface area (TPSA) is 76.1 Å². The molecule has 0 atom stereocenters. The molecule has 0 spiro atoms. The van der Waals surface area contributed by atoms with Gasteiger partial charge in [-0.05, 0) is 37.5 Å². The van der Waals surface area contributed by atoms with Crippen molar-refractivity contribution in [3.63, 3.8) is 0 Å². The molecule has 1 fully saturated rings. The summed E-state index contributed by atoms with van der Waals surface area (Å²) in [4.78, 5) is 24.4. The summed E-state index contributed by atoms with van der Waals surface area (Å²) >= 11 is 0. The van der Waals surface area contributed by atoms with Crippen LogP contribution in [0.1, 0.15) is 25.3 Å². The number of hydrogen-bond donors (Lipinski definition) is 1. The van der Waals surface area contributed by atoms with Gasteiger partial charge in [-0.3, -0.25) is 9.59 Å². The van der Waals surface area contributed by atoms with E-state index in [4.69, 9.17) is 14.6 Å². The molecule has 0 unspecified atom stereocenters. The Hall–Kier alpha value is -2.50. The lowest BCUT2D eigenvalue weighted by molar-refractivity contribution is -0.145. The van der Waals surface area contributed by atoms with Gasteiger partial charge < -0.3 is 19.5 Å². The molecule has 1 aliphatic rings. The average molecular weight is 319 g/mol. The predicted octanol–water partition coefficient (Wildman–Crippen LogP) is 2.18. The fourth-order valence-electron chi connectivity index (χ4n) is 2.27. The van der Waals surface area contributed by atoms with Crippen molar-refractivity contribution in [1.29, 1.82) is 0 Å². The normalized spacial score (nSPS) is 13.8. The maximum atomic E-state index is 12.2. The summed E-state index contributed by atoms with van der Waals surface area (Å²) in [5, 5.41) is 8.90. The van der Waals surface area contributed by atoms with Crippen LogP contribution in [0.4, 0.5) is 0 Å². The molecule has 1 aromatic rings. The Morgan fingerprint density at radius 3 is 2.65 bits per heavy atom. The number of rotatable bonds is 8. The van der Waals surface area contributed by atoms with E-state index in [0.717, 1.165) is 18.4 Å². The molecule has 0 aliphatic heterocycles. The number of carbonyl (C=O) groups is 2. The Kier molecular flexibility index (Phi) is 5.62. The van der Waals surface area contributed by atoms with Gasteiger partial charge in [0.2, 0.25) is 0 Å². The zero-order valence-electron chi connectivity index (χ0n) is 13.3. The Labute approximate surface area is 135 Å². The summed E-state index contributed by atoms with van der Waals surface area (Å²) in [5.41, 5.74) is 0.966. The molecule has 6 nitrogen and oxygen atoms in total. The van der Waals surface area contributed by atoms with E-state index < -0.39 is 5.97 Å². The third-order valence-corrected chi connectivity index (χ3v) is 3.51. The third-order valence-electron chi connectivity index (χ3n) is 3.51. The highest BCUT2D eigenvalue weighted by Crippen LogP contribution is 2.30. The number of benzene rings is 1. The van der Waals surface area contributed by atoms with Crippen LogP contribution in [0.3, 0.4) is 0 Å². The Morgan fingerprint density at radius 1 is 1.35 bits per heavy atom. The minimum absolute atomic E-state index is 0.0289. The van der Waals surface area contributed by atoms with E-state index in [1.54, 1.807) is 6.07 Å². The summed E-state index contributed by atoms with van der Waals surface area (Å²) in [6, 6.07) is 5.44. The number of methoxy groups -OCH3 is 1. The molecule has 1 aliphatic carbocycles. The molecule has 124 valence electrons. The first-order valence-corrected chi connectivity index (χ1v) is 7.50. The summed E-state index contributed by atoms with van der Waals surface area (Å²) in [6.45, 7) is 1.43. The van der Waals surface area contributed by atoms with Crippen LogP contribution in [0, 0.1) is 0 Å². The van der Waals surface area contributed by atoms with E-state index in [0.29, 0.717) is 11.5 Å². The van der Waals surface area contributed by atoms with Crippen LogP contribution in [0.2, 0.25) is 0 Å². The fraction of sp³-hybridized carbons (Fsp3) is 0.412. The Bertz CT molecular complexity index is 607. The first kappa shape index (κ1) is 16.9. The second-order valence-corrected chi connectivity index (χ2v) is 5.35. The highest BCUT2D eigenvalue weighted by molar-refractivity contribution is 5.83. The molecule has 1 saturated carbocycles. The van der Waals surface area contributed by atoms with Crippen LogP contribution < -0.4 is 9.47 Å². The Balaban J connectivity index is 2.01. The summed E-state index contributed by atoms with van der Waals surface area (Å²) < 4.78 is 10.8. The van der Waals surface area contributed by atoms with Crippen molar-refractivity contribution >= 4 is 18.0 Å². The molecular formula is C17H21NO5. The fourth-order valence-corrected chi connectivity index (χ4v) is 2.27. The second-order valence-electron chi connectivity index (χ2n) is 5.35. The van der Waals surface area contributed by atoms with Crippen molar-refractivity contribution in [1.82, 2.24) is 4.90 Å². The smallest absolute Gasteiger partial charge is 0.323 e. The number of amides is 1. The number of carbonyl (C=O) groups excluding carboxylic acids is 1. The first-order chi connectivity index (χ1) is 11.0. The van der Waals surface area contributed by atoms with Gasteiger partial charge in [0.15, 0.2) is 18.1 Å². The minimum atomic E-state index is -1.02. The summed E-state index contributed by atoms with van der Waals surface area (Å²) in [7, 11) is 1.53. The number of carboxylic acids is 1. The van der Waals surface area contributed by atoms with Crippen molar-refractivity contribution in [3.8, 4) is 11.5 Å². The summed E-state index contributed by atoms with van der Waals surface area (Å²) in [5.74, 6) is -0.349. The molecule has 0 saturated heterocycles. The molecule has 23 heavy (non-hydrogen) atoms. The number of aliphatic carboxylic acids is 1. The standard InChI is InChI=1S/C17H21NO5/c1-3-4-12-5-8-14(15(9-12)22-2)23-11-16(19)18(10-17(20)21)13-6-7-13/h3-5,8-9,13H,6-7,10-11H2,1-2H3,(H,20,21)/b4-3+. The molecule has 0 radical (unpaired) electrons. The van der Waals surface area contributed by atoms with Gasteiger partial charge in [-0.1, -0.05) is 18.2 Å². The third kappa shape index (κ3) is 4.74. The van der Waals surface area contributed by atoms with Crippen molar-refractivity contribution in [3.05, 3.63) is 29.8 Å². The average Bonchev–Trinajstić information content (AvgIpc) is 3.35. The molecule has 1 N–H and O–H groups in total. The van der Waals surface area contributed by atoms with E-state index in [1.165, 1.54) is 12.0 Å². The van der Waals surface area contributed by atoms with Crippen LogP contribution in [-0.2, 0) is 9.59 Å². The van der Waals surface area contributed by atoms with Gasteiger partial charge in [0.25, 0.3) is 5.91 Å². The van der Waals surface area contributed by atoms with Crippen molar-refractivity contribution in [2.75, 3.05) is 20.3 Å². The van der Waals surface area contributed by atoms with Gasteiger partial charge in [-0.2, -0.15) is 0 Å². The van der Waals surface area contributed by atoms with Crippen LogP contribution in [0.5, 0.6) is 11.5 Å². The molecule has 0 aromatic heterocycles. The zero-order valence-corrected chi connectivity index (χ0v) is 13.3. The van der Waals surface area contributed by atoms with Gasteiger partial charge in [0.1, 0.15) is 6.54 Å². The van der Waals surface area contributed by atoms with E-state index in [-0.39, 0.29) is 25.1 Å². The molecular weight excluding hydrogens is 298 g/mol. The SMILES string of the molecule is C/C=C/c1ccc(OCC(=O)N(CC(=O)O)C2CC2)c(OC)c1. The molecule has 6 heteroatoms. The first-order valence-electron chi connectivity index (χ1n) is 7.50. The van der Waals surface area contributed by atoms with Gasteiger partial charge >= 0.3 is 5.97 Å². The van der Waals surface area contributed by atoms with Crippen LogP contribution in [0.25, 0.3) is 6.08 Å². The molecule has 1 amide bonds. The monoisotopic (exact) mass is 319 g/mol. The molecule has 1 aromatic carbocycles. The lowest BCUT2D eigenvalue weighted by Crippen LogP contribution is -2.40. The predicted molar refractivity (Wildman–Crippen MR) is 85.6 cm³/mol. The summed E-state index contributed by atoms with van der Waals surface area (Å²) in [6.07, 6.45) is 5.54. The van der Waals surface area contributed by atoms with Gasteiger partial charge in [-0.15, -0.1) is 0 Å². The van der Waals surface area contributed by atoms with Crippen LogP contribution in [-0.4, -0.2) is 48.2 Å². The minimum Gasteiger partial charge on any atom is -0.493 e. The van der Waals surface area contributed by atoms with Crippen molar-refractivity contribution < 1.29 is 24.2 Å². The van der Waals surface area contributed by atoms with Gasteiger partial charge in [-0.25, -0.2) is 0 Å². The number of hydrogen-bond acceptors (Lipinski definition) is 4. The second kappa shape index (κ2) is 7.67. The van der Waals surface area contributed by atoms with Crippen molar-refractivity contribution in [2.24, 2.45) is 0 Å². The molecule has 0 heterocycles. The zero-order chi connectivity index (χ0) is 16.8. The van der Waals surface area contributed by atoms with E-state index >= 15 is 0 Å². The van der Waals surface area contributed by atoms with Gasteiger partial charge in [0.05, 0.1) is 7.11 Å². The van der Waals surface area contributed by atoms with Gasteiger partial charge in [0, 0.05) is 6.04 Å². The largest absolute Gasteiger partial charge is 0.493 e. The lowest BCUT2D eigenvalue weighted by Gasteiger charge is -2.20. The molecule has 2 rings (SSSR count). The quantitative estimate of drug-likeness (QED) is 0.795. The number of allylic oxidation sites excluding steroid dienone is 1.